The molecule has 108 valence electrons. The zero-order chi connectivity index (χ0) is 14.5. The summed E-state index contributed by atoms with van der Waals surface area (Å²) in [6.45, 7) is 0. The van der Waals surface area contributed by atoms with Gasteiger partial charge in [-0.25, -0.2) is 8.42 Å². The predicted octanol–water partition coefficient (Wildman–Crippen LogP) is 3.67. The van der Waals surface area contributed by atoms with Crippen molar-refractivity contribution >= 4 is 31.6 Å². The highest BCUT2D eigenvalue weighted by atomic mass is 79.9. The second kappa shape index (κ2) is 6.60. The molecule has 0 fully saturated rings. The highest BCUT2D eigenvalue weighted by Gasteiger charge is 2.27. The highest BCUT2D eigenvalue weighted by Crippen LogP contribution is 2.22. The molecule has 1 rings (SSSR count). The normalized spacial score (nSPS) is 12.4. The number of sulfonamides is 1. The molecule has 1 aromatic rings. The molecule has 0 unspecified atom stereocenters. The molecule has 0 aliphatic carbocycles. The van der Waals surface area contributed by atoms with Crippen LogP contribution in [0.1, 0.15) is 18.4 Å². The summed E-state index contributed by atoms with van der Waals surface area (Å²) in [5, 5.41) is 0.566. The van der Waals surface area contributed by atoms with E-state index in [1.165, 1.54) is 0 Å². The minimum absolute atomic E-state index is 0.351. The van der Waals surface area contributed by atoms with E-state index in [0.717, 1.165) is 5.56 Å². The molecular weight excluding hydrogens is 347 g/mol. The fourth-order valence-corrected chi connectivity index (χ4v) is 2.87. The second-order valence-electron chi connectivity index (χ2n) is 3.97. The molecular formula is C11H13BrF3NO2S. The Morgan fingerprint density at radius 2 is 1.95 bits per heavy atom. The molecule has 0 saturated heterocycles. The summed E-state index contributed by atoms with van der Waals surface area (Å²) in [5.41, 5.74) is 1.22. The number of benzene rings is 1. The van der Waals surface area contributed by atoms with Crippen molar-refractivity contribution in [3.63, 3.8) is 0 Å². The van der Waals surface area contributed by atoms with E-state index >= 15 is 0 Å². The van der Waals surface area contributed by atoms with Crippen LogP contribution in [0.15, 0.2) is 24.3 Å². The Morgan fingerprint density at radius 1 is 1.26 bits per heavy atom. The fourth-order valence-electron chi connectivity index (χ4n) is 1.41. The number of halogens is 4. The second-order valence-corrected chi connectivity index (χ2v) is 6.38. The van der Waals surface area contributed by atoms with E-state index in [1.807, 2.05) is 0 Å². The Bertz CT molecular complexity index is 517. The van der Waals surface area contributed by atoms with Crippen molar-refractivity contribution < 1.29 is 21.6 Å². The lowest BCUT2D eigenvalue weighted by atomic mass is 10.2. The number of hydrogen-bond acceptors (Lipinski definition) is 2. The zero-order valence-electron chi connectivity index (χ0n) is 9.87. The highest BCUT2D eigenvalue weighted by molar-refractivity contribution is 9.08. The lowest BCUT2D eigenvalue weighted by Crippen LogP contribution is -2.18. The van der Waals surface area contributed by atoms with Crippen LogP contribution in [-0.4, -0.2) is 20.3 Å². The average Bonchev–Trinajstić information content (AvgIpc) is 2.26. The number of rotatable bonds is 6. The number of hydrogen-bond donors (Lipinski definition) is 1. The summed E-state index contributed by atoms with van der Waals surface area (Å²) in [5.74, 6) is -0.551. The molecule has 0 amide bonds. The molecule has 0 saturated carbocycles. The van der Waals surface area contributed by atoms with Gasteiger partial charge in [0.05, 0.1) is 5.75 Å². The lowest BCUT2D eigenvalue weighted by molar-refractivity contribution is -0.134. The van der Waals surface area contributed by atoms with Gasteiger partial charge in [0.25, 0.3) is 0 Å². The molecule has 0 heterocycles. The van der Waals surface area contributed by atoms with Gasteiger partial charge < -0.3 is 0 Å². The van der Waals surface area contributed by atoms with Crippen LogP contribution in [0, 0.1) is 0 Å². The van der Waals surface area contributed by atoms with Crippen LogP contribution in [0.3, 0.4) is 0 Å². The Hall–Kier alpha value is -0.760. The van der Waals surface area contributed by atoms with Crippen molar-refractivity contribution in [2.24, 2.45) is 0 Å². The Balaban J connectivity index is 2.59. The van der Waals surface area contributed by atoms with Gasteiger partial charge in [-0.2, -0.15) is 13.2 Å². The van der Waals surface area contributed by atoms with Crippen molar-refractivity contribution in [1.82, 2.24) is 0 Å². The monoisotopic (exact) mass is 359 g/mol. The quantitative estimate of drug-likeness (QED) is 0.787. The van der Waals surface area contributed by atoms with Crippen LogP contribution < -0.4 is 4.72 Å². The van der Waals surface area contributed by atoms with Gasteiger partial charge in [0.2, 0.25) is 10.0 Å². The smallest absolute Gasteiger partial charge is 0.284 e. The third-order valence-corrected chi connectivity index (χ3v) is 4.25. The van der Waals surface area contributed by atoms with Crippen LogP contribution in [-0.2, 0) is 15.4 Å². The van der Waals surface area contributed by atoms with E-state index < -0.39 is 34.8 Å². The largest absolute Gasteiger partial charge is 0.389 e. The SMILES string of the molecule is O=S(=O)(CCCC(F)(F)F)Nc1cccc(CBr)c1. The van der Waals surface area contributed by atoms with Crippen LogP contribution in [0.25, 0.3) is 0 Å². The van der Waals surface area contributed by atoms with E-state index in [4.69, 9.17) is 0 Å². The van der Waals surface area contributed by atoms with E-state index in [9.17, 15) is 21.6 Å². The molecule has 0 aromatic heterocycles. The van der Waals surface area contributed by atoms with Crippen molar-refractivity contribution in [2.75, 3.05) is 10.5 Å². The molecule has 0 atom stereocenters. The molecule has 8 heteroatoms. The molecule has 0 radical (unpaired) electrons. The molecule has 0 bridgehead atoms. The number of nitrogens with one attached hydrogen (secondary N) is 1. The summed E-state index contributed by atoms with van der Waals surface area (Å²) >= 11 is 3.23. The Morgan fingerprint density at radius 3 is 2.53 bits per heavy atom. The summed E-state index contributed by atoms with van der Waals surface area (Å²) in [6.07, 6.45) is -5.88. The molecule has 0 aliphatic heterocycles. The van der Waals surface area contributed by atoms with Crippen molar-refractivity contribution in [1.29, 1.82) is 0 Å². The van der Waals surface area contributed by atoms with Gasteiger partial charge in [-0.3, -0.25) is 4.72 Å². The van der Waals surface area contributed by atoms with Crippen molar-refractivity contribution in [3.05, 3.63) is 29.8 Å². The molecule has 0 aliphatic rings. The summed E-state index contributed by atoms with van der Waals surface area (Å²) in [4.78, 5) is 0. The first-order chi connectivity index (χ1) is 8.72. The topological polar surface area (TPSA) is 46.2 Å². The van der Waals surface area contributed by atoms with E-state index in [2.05, 4.69) is 20.7 Å². The third-order valence-electron chi connectivity index (χ3n) is 2.23. The van der Waals surface area contributed by atoms with E-state index in [-0.39, 0.29) is 0 Å². The van der Waals surface area contributed by atoms with Crippen LogP contribution >= 0.6 is 15.9 Å². The first kappa shape index (κ1) is 16.3. The van der Waals surface area contributed by atoms with Crippen LogP contribution in [0.5, 0.6) is 0 Å². The maximum Gasteiger partial charge on any atom is 0.389 e. The minimum Gasteiger partial charge on any atom is -0.284 e. The Labute approximate surface area is 118 Å². The van der Waals surface area contributed by atoms with E-state index in [1.54, 1.807) is 24.3 Å². The van der Waals surface area contributed by atoms with Crippen LogP contribution in [0.4, 0.5) is 18.9 Å². The molecule has 1 N–H and O–H groups in total. The minimum atomic E-state index is -4.33. The molecule has 1 aromatic carbocycles. The summed E-state index contributed by atoms with van der Waals surface area (Å²) in [7, 11) is -3.75. The van der Waals surface area contributed by atoms with Gasteiger partial charge in [-0.15, -0.1) is 0 Å². The maximum absolute atomic E-state index is 11.9. The number of anilines is 1. The van der Waals surface area contributed by atoms with E-state index in [0.29, 0.717) is 11.0 Å². The Kier molecular flexibility index (Phi) is 5.66. The lowest BCUT2D eigenvalue weighted by Gasteiger charge is -2.10. The van der Waals surface area contributed by atoms with Gasteiger partial charge in [0, 0.05) is 17.4 Å². The average molecular weight is 360 g/mol. The standard InChI is InChI=1S/C11H13BrF3NO2S/c12-8-9-3-1-4-10(7-9)16-19(17,18)6-2-5-11(13,14)15/h1,3-4,7,16H,2,5-6,8H2. The van der Waals surface area contributed by atoms with Crippen LogP contribution in [0.2, 0.25) is 0 Å². The predicted molar refractivity (Wildman–Crippen MR) is 71.8 cm³/mol. The first-order valence-electron chi connectivity index (χ1n) is 5.44. The van der Waals surface area contributed by atoms with Gasteiger partial charge in [0.1, 0.15) is 0 Å². The third kappa shape index (κ3) is 6.81. The fraction of sp³-hybridized carbons (Fsp3) is 0.455. The molecule has 3 nitrogen and oxygen atoms in total. The van der Waals surface area contributed by atoms with Gasteiger partial charge in [0.15, 0.2) is 0 Å². The zero-order valence-corrected chi connectivity index (χ0v) is 12.3. The first-order valence-corrected chi connectivity index (χ1v) is 8.21. The van der Waals surface area contributed by atoms with Crippen molar-refractivity contribution in [2.45, 2.75) is 24.3 Å². The van der Waals surface area contributed by atoms with Gasteiger partial charge >= 0.3 is 6.18 Å². The molecule has 19 heavy (non-hydrogen) atoms. The van der Waals surface area contributed by atoms with Crippen molar-refractivity contribution in [3.8, 4) is 0 Å². The van der Waals surface area contributed by atoms with Gasteiger partial charge in [-0.05, 0) is 24.1 Å². The number of alkyl halides is 4. The summed E-state index contributed by atoms with van der Waals surface area (Å²) in [6, 6.07) is 6.64. The molecule has 0 spiro atoms. The summed E-state index contributed by atoms with van der Waals surface area (Å²) < 4.78 is 61.3. The maximum atomic E-state index is 11.9. The van der Waals surface area contributed by atoms with Gasteiger partial charge in [-0.1, -0.05) is 28.1 Å².